The molecule has 4 heterocycles. The van der Waals surface area contributed by atoms with E-state index in [2.05, 4.69) is 32.1 Å². The molecule has 0 bridgehead atoms. The molecule has 1 fully saturated rings. The average molecular weight is 601 g/mol. The molecule has 7 nitrogen and oxygen atoms in total. The van der Waals surface area contributed by atoms with E-state index in [-0.39, 0.29) is 23.2 Å². The molecule has 3 aromatic heterocycles. The number of aromatic nitrogens is 4. The summed E-state index contributed by atoms with van der Waals surface area (Å²) in [6.45, 7) is 7.35. The molecule has 220 valence electrons. The van der Waals surface area contributed by atoms with Gasteiger partial charge in [0.05, 0.1) is 0 Å². The quantitative estimate of drug-likeness (QED) is 0.196. The first-order valence-corrected chi connectivity index (χ1v) is 14.8. The van der Waals surface area contributed by atoms with Crippen molar-refractivity contribution in [1.82, 2.24) is 24.4 Å². The average Bonchev–Trinajstić information content (AvgIpc) is 3.01. The van der Waals surface area contributed by atoms with Crippen molar-refractivity contribution in [2.75, 3.05) is 25.0 Å². The second-order valence-electron chi connectivity index (χ2n) is 10.7. The number of halogens is 3. The van der Waals surface area contributed by atoms with E-state index in [1.807, 2.05) is 19.1 Å². The molecule has 10 heteroatoms. The summed E-state index contributed by atoms with van der Waals surface area (Å²) in [5.41, 5.74) is 3.22. The second-order valence-corrected chi connectivity index (χ2v) is 11.1. The zero-order valence-electron chi connectivity index (χ0n) is 23.9. The lowest BCUT2D eigenvalue weighted by molar-refractivity contribution is 0.220. The molecule has 1 aliphatic heterocycles. The molecule has 0 spiro atoms. The van der Waals surface area contributed by atoms with Crippen molar-refractivity contribution < 1.29 is 8.78 Å². The van der Waals surface area contributed by atoms with E-state index in [0.717, 1.165) is 38.0 Å². The molecule has 1 aliphatic rings. The number of pyridine rings is 2. The van der Waals surface area contributed by atoms with Gasteiger partial charge in [0.2, 0.25) is 11.9 Å². The van der Waals surface area contributed by atoms with Crippen LogP contribution in [0, 0.1) is 11.8 Å². The van der Waals surface area contributed by atoms with Crippen LogP contribution in [0.1, 0.15) is 38.2 Å². The van der Waals surface area contributed by atoms with Gasteiger partial charge in [-0.25, -0.2) is 14.4 Å². The Balaban J connectivity index is 1.28. The lowest BCUT2D eigenvalue weighted by Gasteiger charge is -2.31. The number of nitrogens with zero attached hydrogens (tertiary/aromatic N) is 5. The van der Waals surface area contributed by atoms with Crippen molar-refractivity contribution in [3.05, 3.63) is 99.7 Å². The van der Waals surface area contributed by atoms with Crippen LogP contribution < -0.4 is 10.9 Å². The molecule has 0 radical (unpaired) electrons. The smallest absolute Gasteiger partial charge is 0.260 e. The van der Waals surface area contributed by atoms with Crippen molar-refractivity contribution in [3.63, 3.8) is 0 Å². The third kappa shape index (κ3) is 5.75. The monoisotopic (exact) mass is 600 g/mol. The first-order valence-electron chi connectivity index (χ1n) is 14.5. The van der Waals surface area contributed by atoms with Crippen LogP contribution in [-0.2, 0) is 6.54 Å². The minimum Gasteiger partial charge on any atom is -0.324 e. The van der Waals surface area contributed by atoms with E-state index in [0.29, 0.717) is 50.5 Å². The van der Waals surface area contributed by atoms with Gasteiger partial charge in [-0.1, -0.05) is 36.7 Å². The van der Waals surface area contributed by atoms with E-state index >= 15 is 4.39 Å². The Morgan fingerprint density at radius 2 is 1.77 bits per heavy atom. The van der Waals surface area contributed by atoms with Gasteiger partial charge in [-0.15, -0.1) is 0 Å². The van der Waals surface area contributed by atoms with Gasteiger partial charge in [-0.2, -0.15) is 9.37 Å². The van der Waals surface area contributed by atoms with E-state index in [4.69, 9.17) is 11.6 Å². The fourth-order valence-corrected chi connectivity index (χ4v) is 6.12. The van der Waals surface area contributed by atoms with Gasteiger partial charge in [0.15, 0.2) is 0 Å². The van der Waals surface area contributed by atoms with Gasteiger partial charge < -0.3 is 10.2 Å². The Kier molecular flexibility index (Phi) is 8.19. The number of piperidine rings is 1. The summed E-state index contributed by atoms with van der Waals surface area (Å²) in [4.78, 5) is 28.8. The SMILES string of the molecule is CCN1CCC(c2ccc(Nc3ncc4cc(-c5ccc(-c6cccnc6F)cc5Cl)c(=O)n(CC)c4n3)cc2F)CC1. The number of likely N-dealkylation sites (tertiary alicyclic amines) is 1. The summed E-state index contributed by atoms with van der Waals surface area (Å²) < 4.78 is 30.9. The van der Waals surface area contributed by atoms with Gasteiger partial charge in [-0.05, 0) is 92.8 Å². The standard InChI is InChI=1S/C33H31ClF2N6O/c1-3-41-14-11-20(12-15-41)24-10-8-23(18-29(24)35)39-33-38-19-22-16-27(32(43)42(4-2)31(22)40-33)26-9-7-21(17-28(26)34)25-6-5-13-37-30(25)36/h5-10,13,16-20H,3-4,11-12,14-15H2,1-2H3,(H,38,39,40). The zero-order chi connectivity index (χ0) is 30.1. The fraction of sp³-hybridized carbons (Fsp3) is 0.273. The summed E-state index contributed by atoms with van der Waals surface area (Å²) in [5, 5.41) is 4.04. The Labute approximate surface area is 253 Å². The third-order valence-electron chi connectivity index (χ3n) is 8.20. The number of hydrogen-bond donors (Lipinski definition) is 1. The maximum absolute atomic E-state index is 15.1. The van der Waals surface area contributed by atoms with E-state index in [9.17, 15) is 9.18 Å². The Morgan fingerprint density at radius 3 is 2.47 bits per heavy atom. The van der Waals surface area contributed by atoms with Gasteiger partial charge in [0.25, 0.3) is 5.56 Å². The molecular weight excluding hydrogens is 570 g/mol. The lowest BCUT2D eigenvalue weighted by atomic mass is 9.89. The molecule has 1 N–H and O–H groups in total. The van der Waals surface area contributed by atoms with Crippen LogP contribution in [0.3, 0.4) is 0 Å². The maximum atomic E-state index is 15.1. The van der Waals surface area contributed by atoms with E-state index in [1.54, 1.807) is 47.2 Å². The number of anilines is 2. The molecule has 0 unspecified atom stereocenters. The predicted molar refractivity (Wildman–Crippen MR) is 167 cm³/mol. The topological polar surface area (TPSA) is 75.9 Å². The molecule has 2 aromatic carbocycles. The summed E-state index contributed by atoms with van der Waals surface area (Å²) in [7, 11) is 0. The number of hydrogen-bond acceptors (Lipinski definition) is 6. The molecule has 1 saturated heterocycles. The van der Waals surface area contributed by atoms with Gasteiger partial charge in [0.1, 0.15) is 11.5 Å². The van der Waals surface area contributed by atoms with Gasteiger partial charge in [0, 0.05) is 51.7 Å². The van der Waals surface area contributed by atoms with Crippen molar-refractivity contribution in [3.8, 4) is 22.3 Å². The summed E-state index contributed by atoms with van der Waals surface area (Å²) in [5.74, 6) is -0.377. The summed E-state index contributed by atoms with van der Waals surface area (Å²) in [6, 6.07) is 15.2. The molecule has 6 rings (SSSR count). The van der Waals surface area contributed by atoms with Gasteiger partial charge >= 0.3 is 0 Å². The van der Waals surface area contributed by atoms with Crippen molar-refractivity contribution in [1.29, 1.82) is 0 Å². The van der Waals surface area contributed by atoms with Crippen LogP contribution in [0.2, 0.25) is 5.02 Å². The molecule has 43 heavy (non-hydrogen) atoms. The van der Waals surface area contributed by atoms with Crippen LogP contribution in [0.25, 0.3) is 33.3 Å². The number of benzene rings is 2. The summed E-state index contributed by atoms with van der Waals surface area (Å²) >= 11 is 6.62. The fourth-order valence-electron chi connectivity index (χ4n) is 5.83. The largest absolute Gasteiger partial charge is 0.324 e. The normalized spacial score (nSPS) is 14.3. The van der Waals surface area contributed by atoms with Gasteiger partial charge in [-0.3, -0.25) is 9.36 Å². The maximum Gasteiger partial charge on any atom is 0.260 e. The Morgan fingerprint density at radius 1 is 0.953 bits per heavy atom. The predicted octanol–water partition coefficient (Wildman–Crippen LogP) is 7.41. The highest BCUT2D eigenvalue weighted by Gasteiger charge is 2.22. The lowest BCUT2D eigenvalue weighted by Crippen LogP contribution is -2.32. The molecule has 0 saturated carbocycles. The van der Waals surface area contributed by atoms with E-state index < -0.39 is 5.95 Å². The van der Waals surface area contributed by atoms with Crippen LogP contribution in [0.15, 0.2) is 71.8 Å². The number of nitrogens with one attached hydrogen (secondary N) is 1. The van der Waals surface area contributed by atoms with Crippen LogP contribution >= 0.6 is 11.6 Å². The van der Waals surface area contributed by atoms with Crippen molar-refractivity contribution >= 4 is 34.3 Å². The zero-order valence-corrected chi connectivity index (χ0v) is 24.7. The van der Waals surface area contributed by atoms with Crippen LogP contribution in [0.5, 0.6) is 0 Å². The molecule has 0 aliphatic carbocycles. The van der Waals surface area contributed by atoms with Crippen LogP contribution in [-0.4, -0.2) is 44.1 Å². The molecule has 5 aromatic rings. The third-order valence-corrected chi connectivity index (χ3v) is 8.52. The number of rotatable bonds is 7. The minimum atomic E-state index is -0.599. The molecule has 0 amide bonds. The minimum absolute atomic E-state index is 0.211. The Bertz CT molecular complexity index is 1870. The highest BCUT2D eigenvalue weighted by atomic mass is 35.5. The molecule has 0 atom stereocenters. The van der Waals surface area contributed by atoms with Crippen LogP contribution in [0.4, 0.5) is 20.4 Å². The first kappa shape index (κ1) is 28.9. The Hall–Kier alpha value is -4.21. The second kappa shape index (κ2) is 12.2. The highest BCUT2D eigenvalue weighted by Crippen LogP contribution is 2.34. The van der Waals surface area contributed by atoms with Crippen molar-refractivity contribution in [2.24, 2.45) is 0 Å². The van der Waals surface area contributed by atoms with Crippen molar-refractivity contribution in [2.45, 2.75) is 39.2 Å². The highest BCUT2D eigenvalue weighted by molar-refractivity contribution is 6.33. The summed E-state index contributed by atoms with van der Waals surface area (Å²) in [6.07, 6.45) is 4.89. The number of fused-ring (bicyclic) bond motifs is 1. The first-order chi connectivity index (χ1) is 20.9. The van der Waals surface area contributed by atoms with E-state index in [1.165, 1.54) is 12.3 Å². The molecular formula is C33H31ClF2N6O. The number of aryl methyl sites for hydroxylation is 1.